The Morgan fingerprint density at radius 1 is 1.35 bits per heavy atom. The summed E-state index contributed by atoms with van der Waals surface area (Å²) in [6.07, 6.45) is 3.19. The molecular weight excluding hydrogens is 278 g/mol. The van der Waals surface area contributed by atoms with E-state index in [4.69, 9.17) is 9.84 Å². The lowest BCUT2D eigenvalue weighted by atomic mass is 10.1. The summed E-state index contributed by atoms with van der Waals surface area (Å²) in [5.41, 5.74) is 1.34. The topological polar surface area (TPSA) is 49.8 Å². The molecule has 0 radical (unpaired) electrons. The van der Waals surface area contributed by atoms with Crippen LogP contribution < -0.4 is 0 Å². The molecule has 1 unspecified atom stereocenters. The van der Waals surface area contributed by atoms with E-state index in [1.165, 1.54) is 5.56 Å². The summed E-state index contributed by atoms with van der Waals surface area (Å²) in [7, 11) is 0. The molecule has 1 heterocycles. The Kier molecular flexibility index (Phi) is 7.59. The van der Waals surface area contributed by atoms with E-state index in [-0.39, 0.29) is 25.1 Å². The minimum atomic E-state index is -0.760. The van der Waals surface area contributed by atoms with Crippen LogP contribution >= 0.6 is 12.4 Å². The molecule has 20 heavy (non-hydrogen) atoms. The van der Waals surface area contributed by atoms with E-state index in [9.17, 15) is 4.79 Å². The second kappa shape index (κ2) is 8.95. The molecule has 1 aliphatic heterocycles. The fourth-order valence-electron chi connectivity index (χ4n) is 2.44. The van der Waals surface area contributed by atoms with Crippen molar-refractivity contribution in [3.8, 4) is 0 Å². The van der Waals surface area contributed by atoms with Crippen LogP contribution in [0.1, 0.15) is 18.4 Å². The Labute approximate surface area is 126 Å². The maximum Gasteiger partial charge on any atom is 0.317 e. The van der Waals surface area contributed by atoms with E-state index in [1.807, 2.05) is 11.0 Å². The number of rotatable bonds is 7. The van der Waals surface area contributed by atoms with E-state index in [0.717, 1.165) is 39.0 Å². The normalized spacial score (nSPS) is 18.7. The van der Waals surface area contributed by atoms with Gasteiger partial charge in [-0.1, -0.05) is 30.3 Å². The predicted octanol–water partition coefficient (Wildman–Crippen LogP) is 2.22. The second-order valence-electron chi connectivity index (χ2n) is 5.00. The summed E-state index contributed by atoms with van der Waals surface area (Å²) in [6.45, 7) is 2.46. The van der Waals surface area contributed by atoms with Gasteiger partial charge in [-0.15, -0.1) is 12.4 Å². The largest absolute Gasteiger partial charge is 0.480 e. The third kappa shape index (κ3) is 5.90. The summed E-state index contributed by atoms with van der Waals surface area (Å²) in [4.78, 5) is 12.5. The molecule has 1 atom stereocenters. The number of nitrogens with zero attached hydrogens (tertiary/aromatic N) is 1. The van der Waals surface area contributed by atoms with Gasteiger partial charge in [0.15, 0.2) is 0 Å². The number of hydrogen-bond donors (Lipinski definition) is 1. The highest BCUT2D eigenvalue weighted by molar-refractivity contribution is 5.85. The smallest absolute Gasteiger partial charge is 0.317 e. The van der Waals surface area contributed by atoms with Crippen LogP contribution in [0.4, 0.5) is 0 Å². The lowest BCUT2D eigenvalue weighted by Gasteiger charge is -2.14. The van der Waals surface area contributed by atoms with Gasteiger partial charge in [-0.2, -0.15) is 0 Å². The van der Waals surface area contributed by atoms with Crippen LogP contribution in [0, 0.1) is 0 Å². The molecule has 4 nitrogen and oxygen atoms in total. The molecule has 1 saturated heterocycles. The van der Waals surface area contributed by atoms with Crippen LogP contribution in [0.5, 0.6) is 0 Å². The number of halogens is 1. The molecule has 1 aromatic carbocycles. The van der Waals surface area contributed by atoms with Gasteiger partial charge < -0.3 is 9.84 Å². The number of ether oxygens (including phenoxy) is 1. The van der Waals surface area contributed by atoms with Crippen molar-refractivity contribution in [1.29, 1.82) is 0 Å². The van der Waals surface area contributed by atoms with Crippen molar-refractivity contribution >= 4 is 18.4 Å². The quantitative estimate of drug-likeness (QED) is 0.784. The fraction of sp³-hybridized carbons (Fsp3) is 0.533. The first-order valence-corrected chi connectivity index (χ1v) is 6.84. The molecule has 0 amide bonds. The van der Waals surface area contributed by atoms with Gasteiger partial charge in [-0.3, -0.25) is 9.69 Å². The first-order chi connectivity index (χ1) is 9.24. The predicted molar refractivity (Wildman–Crippen MR) is 80.4 cm³/mol. The second-order valence-corrected chi connectivity index (χ2v) is 5.00. The van der Waals surface area contributed by atoms with Crippen LogP contribution in [-0.4, -0.2) is 48.3 Å². The van der Waals surface area contributed by atoms with Gasteiger partial charge >= 0.3 is 5.97 Å². The van der Waals surface area contributed by atoms with Gasteiger partial charge in [-0.05, 0) is 24.8 Å². The Hall–Kier alpha value is -1.10. The van der Waals surface area contributed by atoms with Crippen LogP contribution in [-0.2, 0) is 16.0 Å². The standard InChI is InChI=1S/C15H21NO3.ClH/c17-15(18)12-16-9-8-14(11-16)19-10-4-7-13-5-2-1-3-6-13;/h1-3,5-6,14H,4,7-12H2,(H,17,18);1H. The molecule has 0 aliphatic carbocycles. The zero-order valence-electron chi connectivity index (χ0n) is 11.5. The van der Waals surface area contributed by atoms with E-state index in [2.05, 4.69) is 24.3 Å². The lowest BCUT2D eigenvalue weighted by molar-refractivity contribution is -0.138. The third-order valence-electron chi connectivity index (χ3n) is 3.39. The molecule has 0 saturated carbocycles. The maximum atomic E-state index is 10.6. The molecular formula is C15H22ClNO3. The Morgan fingerprint density at radius 2 is 2.10 bits per heavy atom. The average Bonchev–Trinajstić information content (AvgIpc) is 2.83. The number of benzene rings is 1. The van der Waals surface area contributed by atoms with Gasteiger partial charge in [0.25, 0.3) is 0 Å². The summed E-state index contributed by atoms with van der Waals surface area (Å²) in [6, 6.07) is 10.4. The van der Waals surface area contributed by atoms with Crippen molar-refractivity contribution < 1.29 is 14.6 Å². The summed E-state index contributed by atoms with van der Waals surface area (Å²) in [5.74, 6) is -0.760. The summed E-state index contributed by atoms with van der Waals surface area (Å²) >= 11 is 0. The molecule has 0 aromatic heterocycles. The monoisotopic (exact) mass is 299 g/mol. The van der Waals surface area contributed by atoms with Gasteiger partial charge in [0.1, 0.15) is 0 Å². The van der Waals surface area contributed by atoms with E-state index in [1.54, 1.807) is 0 Å². The highest BCUT2D eigenvalue weighted by Crippen LogP contribution is 2.13. The molecule has 0 spiro atoms. The van der Waals surface area contributed by atoms with Crippen molar-refractivity contribution in [1.82, 2.24) is 4.90 Å². The van der Waals surface area contributed by atoms with Crippen molar-refractivity contribution in [2.24, 2.45) is 0 Å². The van der Waals surface area contributed by atoms with Crippen molar-refractivity contribution in [2.45, 2.75) is 25.4 Å². The number of carboxylic acids is 1. The molecule has 2 rings (SSSR count). The summed E-state index contributed by atoms with van der Waals surface area (Å²) < 4.78 is 5.80. The number of carbonyl (C=O) groups is 1. The minimum Gasteiger partial charge on any atom is -0.480 e. The van der Waals surface area contributed by atoms with Gasteiger partial charge in [0.2, 0.25) is 0 Å². The Balaban J connectivity index is 0.00000200. The highest BCUT2D eigenvalue weighted by atomic mass is 35.5. The molecule has 1 N–H and O–H groups in total. The van der Waals surface area contributed by atoms with Crippen molar-refractivity contribution in [2.75, 3.05) is 26.2 Å². The molecule has 5 heteroatoms. The summed E-state index contributed by atoms with van der Waals surface area (Å²) in [5, 5.41) is 8.72. The molecule has 1 aromatic rings. The van der Waals surface area contributed by atoms with Gasteiger partial charge in [0, 0.05) is 19.7 Å². The SMILES string of the molecule is Cl.O=C(O)CN1CCC(OCCCc2ccccc2)C1. The Bertz CT molecular complexity index is 399. The van der Waals surface area contributed by atoms with E-state index in [0.29, 0.717) is 0 Å². The lowest BCUT2D eigenvalue weighted by Crippen LogP contribution is -2.29. The first-order valence-electron chi connectivity index (χ1n) is 6.84. The molecule has 1 fully saturated rings. The van der Waals surface area contributed by atoms with Crippen LogP contribution in [0.3, 0.4) is 0 Å². The Morgan fingerprint density at radius 3 is 2.80 bits per heavy atom. The highest BCUT2D eigenvalue weighted by Gasteiger charge is 2.24. The van der Waals surface area contributed by atoms with Crippen LogP contribution in [0.25, 0.3) is 0 Å². The fourth-order valence-corrected chi connectivity index (χ4v) is 2.44. The number of likely N-dealkylation sites (tertiary alicyclic amines) is 1. The van der Waals surface area contributed by atoms with Crippen molar-refractivity contribution in [3.05, 3.63) is 35.9 Å². The number of aliphatic carboxylic acids is 1. The van der Waals surface area contributed by atoms with Crippen molar-refractivity contribution in [3.63, 3.8) is 0 Å². The van der Waals surface area contributed by atoms with Crippen LogP contribution in [0.15, 0.2) is 30.3 Å². The number of carboxylic acid groups (broad SMARTS) is 1. The van der Waals surface area contributed by atoms with Gasteiger partial charge in [-0.25, -0.2) is 0 Å². The van der Waals surface area contributed by atoms with E-state index < -0.39 is 5.97 Å². The van der Waals surface area contributed by atoms with E-state index >= 15 is 0 Å². The number of hydrogen-bond acceptors (Lipinski definition) is 3. The maximum absolute atomic E-state index is 10.6. The van der Waals surface area contributed by atoms with Gasteiger partial charge in [0.05, 0.1) is 12.6 Å². The molecule has 112 valence electrons. The first kappa shape index (κ1) is 17.0. The number of aryl methyl sites for hydroxylation is 1. The third-order valence-corrected chi connectivity index (χ3v) is 3.39. The average molecular weight is 300 g/mol. The zero-order valence-corrected chi connectivity index (χ0v) is 12.3. The molecule has 0 bridgehead atoms. The van der Waals surface area contributed by atoms with Crippen LogP contribution in [0.2, 0.25) is 0 Å². The molecule has 1 aliphatic rings. The zero-order chi connectivity index (χ0) is 13.5. The minimum absolute atomic E-state index is 0.